The number of carbonyl (C=O) groups excluding carboxylic acids is 1. The molecule has 1 aromatic heterocycles. The van der Waals surface area contributed by atoms with Crippen LogP contribution in [0.2, 0.25) is 0 Å². The SMILES string of the molecule is Cc1cnc(NC(=O)c2ccc(S(=O)(=O)NCCC#N)cc2)s1. The Kier molecular flexibility index (Phi) is 5.44. The summed E-state index contributed by atoms with van der Waals surface area (Å²) in [6.45, 7) is 1.93. The third-order valence-corrected chi connectivity index (χ3v) is 5.10. The highest BCUT2D eigenvalue weighted by atomic mass is 32.2. The Morgan fingerprint density at radius 2 is 2.04 bits per heavy atom. The second-order valence-corrected chi connectivity index (χ2v) is 7.56. The number of nitriles is 1. The van der Waals surface area contributed by atoms with Crippen molar-refractivity contribution in [1.82, 2.24) is 9.71 Å². The van der Waals surface area contributed by atoms with Gasteiger partial charge in [0.1, 0.15) is 0 Å². The van der Waals surface area contributed by atoms with Crippen molar-refractivity contribution in [3.8, 4) is 6.07 Å². The molecule has 0 spiro atoms. The van der Waals surface area contributed by atoms with Crippen molar-refractivity contribution in [2.45, 2.75) is 18.2 Å². The van der Waals surface area contributed by atoms with Gasteiger partial charge in [-0.25, -0.2) is 18.1 Å². The minimum Gasteiger partial charge on any atom is -0.298 e. The van der Waals surface area contributed by atoms with E-state index in [1.54, 1.807) is 6.20 Å². The normalized spacial score (nSPS) is 11.0. The molecule has 0 saturated carbocycles. The molecule has 1 amide bonds. The van der Waals surface area contributed by atoms with Crippen LogP contribution in [-0.2, 0) is 10.0 Å². The lowest BCUT2D eigenvalue weighted by atomic mass is 10.2. The Morgan fingerprint density at radius 3 is 2.61 bits per heavy atom. The molecule has 2 rings (SSSR count). The predicted octanol–water partition coefficient (Wildman–Crippen LogP) is 1.90. The van der Waals surface area contributed by atoms with Crippen LogP contribution in [0.5, 0.6) is 0 Å². The van der Waals surface area contributed by atoms with E-state index < -0.39 is 10.0 Å². The molecule has 7 nitrogen and oxygen atoms in total. The fourth-order valence-electron chi connectivity index (χ4n) is 1.69. The number of aromatic nitrogens is 1. The van der Waals surface area contributed by atoms with E-state index in [0.717, 1.165) is 4.88 Å². The number of hydrogen-bond donors (Lipinski definition) is 2. The van der Waals surface area contributed by atoms with E-state index in [4.69, 9.17) is 5.26 Å². The number of amides is 1. The number of nitrogens with one attached hydrogen (secondary N) is 2. The van der Waals surface area contributed by atoms with Crippen molar-refractivity contribution in [1.29, 1.82) is 5.26 Å². The van der Waals surface area contributed by atoms with Gasteiger partial charge in [-0.3, -0.25) is 10.1 Å². The molecule has 0 radical (unpaired) electrons. The molecule has 2 N–H and O–H groups in total. The van der Waals surface area contributed by atoms with Crippen LogP contribution in [0.15, 0.2) is 35.4 Å². The third-order valence-electron chi connectivity index (χ3n) is 2.80. The van der Waals surface area contributed by atoms with Crippen molar-refractivity contribution in [2.75, 3.05) is 11.9 Å². The number of rotatable bonds is 6. The van der Waals surface area contributed by atoms with Gasteiger partial charge in [0.05, 0.1) is 11.0 Å². The number of benzene rings is 1. The maximum absolute atomic E-state index is 12.0. The molecule has 0 unspecified atom stereocenters. The van der Waals surface area contributed by atoms with E-state index >= 15 is 0 Å². The Labute approximate surface area is 138 Å². The van der Waals surface area contributed by atoms with Gasteiger partial charge in [-0.05, 0) is 31.2 Å². The van der Waals surface area contributed by atoms with Crippen LogP contribution in [-0.4, -0.2) is 25.9 Å². The molecule has 0 saturated heterocycles. The van der Waals surface area contributed by atoms with E-state index in [2.05, 4.69) is 15.0 Å². The highest BCUT2D eigenvalue weighted by molar-refractivity contribution is 7.89. The summed E-state index contributed by atoms with van der Waals surface area (Å²) in [5.74, 6) is -0.360. The fourth-order valence-corrected chi connectivity index (χ4v) is 3.38. The number of thiazole rings is 1. The van der Waals surface area contributed by atoms with Crippen LogP contribution in [0, 0.1) is 18.3 Å². The van der Waals surface area contributed by atoms with Gasteiger partial charge >= 0.3 is 0 Å². The van der Waals surface area contributed by atoms with Crippen LogP contribution >= 0.6 is 11.3 Å². The van der Waals surface area contributed by atoms with Crippen molar-refractivity contribution in [3.63, 3.8) is 0 Å². The lowest BCUT2D eigenvalue weighted by molar-refractivity contribution is 0.102. The van der Waals surface area contributed by atoms with Crippen molar-refractivity contribution in [2.24, 2.45) is 0 Å². The summed E-state index contributed by atoms with van der Waals surface area (Å²) in [5, 5.41) is 11.6. The zero-order valence-electron chi connectivity index (χ0n) is 12.2. The molecule has 0 bridgehead atoms. The van der Waals surface area contributed by atoms with Gasteiger partial charge < -0.3 is 0 Å². The average Bonchev–Trinajstić information content (AvgIpc) is 2.92. The Morgan fingerprint density at radius 1 is 1.35 bits per heavy atom. The van der Waals surface area contributed by atoms with Crippen LogP contribution < -0.4 is 10.0 Å². The Balaban J connectivity index is 2.07. The lowest BCUT2D eigenvalue weighted by Gasteiger charge is -2.06. The second-order valence-electron chi connectivity index (χ2n) is 4.56. The minimum atomic E-state index is -3.67. The maximum atomic E-state index is 12.0. The summed E-state index contributed by atoms with van der Waals surface area (Å²) in [7, 11) is -3.67. The summed E-state index contributed by atoms with van der Waals surface area (Å²) in [5.41, 5.74) is 0.328. The number of anilines is 1. The molecule has 2 aromatic rings. The largest absolute Gasteiger partial charge is 0.298 e. The third kappa shape index (κ3) is 4.59. The quantitative estimate of drug-likeness (QED) is 0.773. The van der Waals surface area contributed by atoms with Gasteiger partial charge in [-0.1, -0.05) is 0 Å². The zero-order valence-corrected chi connectivity index (χ0v) is 13.9. The lowest BCUT2D eigenvalue weighted by Crippen LogP contribution is -2.24. The van der Waals surface area contributed by atoms with Gasteiger partial charge in [0.15, 0.2) is 5.13 Å². The minimum absolute atomic E-state index is 0.0390. The Bertz CT molecular complexity index is 836. The van der Waals surface area contributed by atoms with E-state index in [1.165, 1.54) is 35.6 Å². The monoisotopic (exact) mass is 350 g/mol. The molecule has 120 valence electrons. The highest BCUT2D eigenvalue weighted by Crippen LogP contribution is 2.18. The number of nitrogens with zero attached hydrogens (tertiary/aromatic N) is 2. The standard InChI is InChI=1S/C14H14N4O3S2/c1-10-9-16-14(22-10)18-13(19)11-3-5-12(6-4-11)23(20,21)17-8-2-7-15/h3-6,9,17H,2,8H2,1H3,(H,16,18,19). The first-order valence-corrected chi connectivity index (χ1v) is 8.93. The molecular formula is C14H14N4O3S2. The Hall–Kier alpha value is -2.28. The van der Waals surface area contributed by atoms with E-state index in [1.807, 2.05) is 13.0 Å². The molecule has 0 aliphatic heterocycles. The van der Waals surface area contributed by atoms with E-state index in [-0.39, 0.29) is 23.8 Å². The van der Waals surface area contributed by atoms with Crippen LogP contribution in [0.3, 0.4) is 0 Å². The first-order valence-electron chi connectivity index (χ1n) is 6.63. The molecule has 0 aliphatic carbocycles. The maximum Gasteiger partial charge on any atom is 0.257 e. The molecule has 23 heavy (non-hydrogen) atoms. The number of aryl methyl sites for hydroxylation is 1. The number of sulfonamides is 1. The van der Waals surface area contributed by atoms with Gasteiger partial charge in [-0.15, -0.1) is 11.3 Å². The summed E-state index contributed by atoms with van der Waals surface area (Å²) < 4.78 is 26.2. The number of hydrogen-bond acceptors (Lipinski definition) is 6. The first-order chi connectivity index (χ1) is 10.9. The van der Waals surface area contributed by atoms with Crippen molar-refractivity contribution in [3.05, 3.63) is 40.9 Å². The molecule has 0 aliphatic rings. The zero-order chi connectivity index (χ0) is 16.9. The van der Waals surface area contributed by atoms with Gasteiger partial charge in [0, 0.05) is 29.6 Å². The summed E-state index contributed by atoms with van der Waals surface area (Å²) in [6, 6.07) is 7.39. The molecule has 1 heterocycles. The second kappa shape index (κ2) is 7.32. The van der Waals surface area contributed by atoms with Gasteiger partial charge in [0.25, 0.3) is 5.91 Å². The summed E-state index contributed by atoms with van der Waals surface area (Å²) in [6.07, 6.45) is 1.75. The van der Waals surface area contributed by atoms with Crippen molar-refractivity contribution >= 4 is 32.4 Å². The summed E-state index contributed by atoms with van der Waals surface area (Å²) >= 11 is 1.35. The van der Waals surface area contributed by atoms with Crippen LogP contribution in [0.1, 0.15) is 21.7 Å². The highest BCUT2D eigenvalue weighted by Gasteiger charge is 2.15. The number of carbonyl (C=O) groups is 1. The topological polar surface area (TPSA) is 112 Å². The smallest absolute Gasteiger partial charge is 0.257 e. The fraction of sp³-hybridized carbons (Fsp3) is 0.214. The van der Waals surface area contributed by atoms with E-state index in [0.29, 0.717) is 10.7 Å². The molecule has 0 atom stereocenters. The van der Waals surface area contributed by atoms with Gasteiger partial charge in [-0.2, -0.15) is 5.26 Å². The molecule has 1 aromatic carbocycles. The summed E-state index contributed by atoms with van der Waals surface area (Å²) in [4.78, 5) is 17.1. The predicted molar refractivity (Wildman–Crippen MR) is 86.7 cm³/mol. The van der Waals surface area contributed by atoms with E-state index in [9.17, 15) is 13.2 Å². The van der Waals surface area contributed by atoms with Crippen LogP contribution in [0.25, 0.3) is 0 Å². The van der Waals surface area contributed by atoms with Gasteiger partial charge in [0.2, 0.25) is 10.0 Å². The first kappa shape index (κ1) is 17.1. The molecule has 9 heteroatoms. The molecule has 0 fully saturated rings. The van der Waals surface area contributed by atoms with Crippen LogP contribution in [0.4, 0.5) is 5.13 Å². The molecular weight excluding hydrogens is 336 g/mol. The van der Waals surface area contributed by atoms with Crippen molar-refractivity contribution < 1.29 is 13.2 Å². The average molecular weight is 350 g/mol.